The lowest BCUT2D eigenvalue weighted by Crippen LogP contribution is -2.42. The molecule has 1 saturated carbocycles. The van der Waals surface area contributed by atoms with Crippen LogP contribution >= 0.6 is 0 Å². The van der Waals surface area contributed by atoms with Gasteiger partial charge in [0.25, 0.3) is 0 Å². The minimum atomic E-state index is -0.275. The number of nitrogens with zero attached hydrogens (tertiary/aromatic N) is 2. The molecule has 1 aromatic rings. The van der Waals surface area contributed by atoms with Crippen LogP contribution < -0.4 is 5.73 Å². The molecule has 0 radical (unpaired) electrons. The van der Waals surface area contributed by atoms with Crippen LogP contribution in [-0.2, 0) is 18.3 Å². The van der Waals surface area contributed by atoms with Crippen LogP contribution in [0.1, 0.15) is 38.2 Å². The predicted octanol–water partition coefficient (Wildman–Crippen LogP) is 1.69. The van der Waals surface area contributed by atoms with Crippen molar-refractivity contribution in [1.82, 2.24) is 9.78 Å². The third-order valence-electron chi connectivity index (χ3n) is 4.34. The SMILES string of the molecule is CC1CCC(CN)(C(=O)Cc2cnn(C)c2)CC1. The number of Topliss-reactive ketones (excluding diaryl/α,β-unsaturated/α-hetero) is 1. The second-order valence-corrected chi connectivity index (χ2v) is 5.79. The molecule has 1 aromatic heterocycles. The summed E-state index contributed by atoms with van der Waals surface area (Å²) < 4.78 is 1.74. The molecule has 1 fully saturated rings. The lowest BCUT2D eigenvalue weighted by molar-refractivity contribution is -0.129. The minimum Gasteiger partial charge on any atom is -0.329 e. The van der Waals surface area contributed by atoms with Crippen molar-refractivity contribution in [2.24, 2.45) is 24.1 Å². The maximum atomic E-state index is 12.5. The zero-order valence-corrected chi connectivity index (χ0v) is 11.4. The van der Waals surface area contributed by atoms with Crippen molar-refractivity contribution in [3.63, 3.8) is 0 Å². The second-order valence-electron chi connectivity index (χ2n) is 5.79. The highest BCUT2D eigenvalue weighted by Crippen LogP contribution is 2.39. The van der Waals surface area contributed by atoms with Crippen molar-refractivity contribution in [2.45, 2.75) is 39.0 Å². The van der Waals surface area contributed by atoms with E-state index in [1.807, 2.05) is 13.2 Å². The Morgan fingerprint density at radius 1 is 1.56 bits per heavy atom. The van der Waals surface area contributed by atoms with Crippen molar-refractivity contribution in [3.8, 4) is 0 Å². The zero-order chi connectivity index (χ0) is 13.2. The Labute approximate surface area is 109 Å². The zero-order valence-electron chi connectivity index (χ0n) is 11.4. The normalized spacial score (nSPS) is 28.3. The van der Waals surface area contributed by atoms with Crippen molar-refractivity contribution < 1.29 is 4.79 Å². The standard InChI is InChI=1S/C14H23N3O/c1-11-3-5-14(10-15,6-4-11)13(18)7-12-8-16-17(2)9-12/h8-9,11H,3-7,10,15H2,1-2H3. The van der Waals surface area contributed by atoms with E-state index < -0.39 is 0 Å². The molecule has 0 bridgehead atoms. The first-order valence-electron chi connectivity index (χ1n) is 6.76. The summed E-state index contributed by atoms with van der Waals surface area (Å²) >= 11 is 0. The second kappa shape index (κ2) is 5.22. The Morgan fingerprint density at radius 3 is 2.72 bits per heavy atom. The molecule has 100 valence electrons. The average molecular weight is 249 g/mol. The Kier molecular flexibility index (Phi) is 3.85. The molecule has 1 heterocycles. The van der Waals surface area contributed by atoms with Crippen LogP contribution in [0, 0.1) is 11.3 Å². The number of carbonyl (C=O) groups excluding carboxylic acids is 1. The predicted molar refractivity (Wildman–Crippen MR) is 71.0 cm³/mol. The van der Waals surface area contributed by atoms with E-state index in [9.17, 15) is 4.79 Å². The molecule has 4 heteroatoms. The first-order valence-corrected chi connectivity index (χ1v) is 6.76. The van der Waals surface area contributed by atoms with Crippen LogP contribution in [0.25, 0.3) is 0 Å². The van der Waals surface area contributed by atoms with Crippen LogP contribution in [0.5, 0.6) is 0 Å². The van der Waals surface area contributed by atoms with Gasteiger partial charge in [-0.05, 0) is 37.2 Å². The van der Waals surface area contributed by atoms with Crippen LogP contribution in [-0.4, -0.2) is 22.1 Å². The highest BCUT2D eigenvalue weighted by molar-refractivity contribution is 5.87. The fraction of sp³-hybridized carbons (Fsp3) is 0.714. The first-order chi connectivity index (χ1) is 8.55. The van der Waals surface area contributed by atoms with Gasteiger partial charge in [0.15, 0.2) is 0 Å². The summed E-state index contributed by atoms with van der Waals surface area (Å²) in [5.41, 5.74) is 6.62. The minimum absolute atomic E-state index is 0.275. The fourth-order valence-electron chi connectivity index (χ4n) is 2.85. The molecular weight excluding hydrogens is 226 g/mol. The molecule has 18 heavy (non-hydrogen) atoms. The summed E-state index contributed by atoms with van der Waals surface area (Å²) in [7, 11) is 1.87. The van der Waals surface area contributed by atoms with E-state index in [4.69, 9.17) is 5.73 Å². The summed E-state index contributed by atoms with van der Waals surface area (Å²) in [6, 6.07) is 0. The van der Waals surface area contributed by atoms with Gasteiger partial charge in [-0.3, -0.25) is 9.48 Å². The number of hydrogen-bond donors (Lipinski definition) is 1. The van der Waals surface area contributed by atoms with Crippen molar-refractivity contribution in [2.75, 3.05) is 6.54 Å². The van der Waals surface area contributed by atoms with Gasteiger partial charge in [-0.15, -0.1) is 0 Å². The highest BCUT2D eigenvalue weighted by Gasteiger charge is 2.39. The van der Waals surface area contributed by atoms with E-state index in [1.54, 1.807) is 10.9 Å². The summed E-state index contributed by atoms with van der Waals surface area (Å²) in [6.45, 7) is 2.74. The van der Waals surface area contributed by atoms with Gasteiger partial charge in [-0.25, -0.2) is 0 Å². The summed E-state index contributed by atoms with van der Waals surface area (Å²) in [5, 5.41) is 4.11. The third-order valence-corrected chi connectivity index (χ3v) is 4.34. The smallest absolute Gasteiger partial charge is 0.144 e. The summed E-state index contributed by atoms with van der Waals surface area (Å²) in [5.74, 6) is 1.03. The molecule has 1 aliphatic rings. The molecule has 0 spiro atoms. The monoisotopic (exact) mass is 249 g/mol. The maximum Gasteiger partial charge on any atom is 0.144 e. The van der Waals surface area contributed by atoms with E-state index in [1.165, 1.54) is 0 Å². The number of ketones is 1. The number of aromatic nitrogens is 2. The van der Waals surface area contributed by atoms with Crippen LogP contribution in [0.2, 0.25) is 0 Å². The van der Waals surface area contributed by atoms with Gasteiger partial charge in [0.2, 0.25) is 0 Å². The topological polar surface area (TPSA) is 60.9 Å². The van der Waals surface area contributed by atoms with E-state index >= 15 is 0 Å². The number of carbonyl (C=O) groups is 1. The molecular formula is C14H23N3O. The van der Waals surface area contributed by atoms with Gasteiger partial charge >= 0.3 is 0 Å². The molecule has 0 aliphatic heterocycles. The molecule has 1 aliphatic carbocycles. The third kappa shape index (κ3) is 2.64. The number of rotatable bonds is 4. The number of hydrogen-bond acceptors (Lipinski definition) is 3. The van der Waals surface area contributed by atoms with Crippen LogP contribution in [0.3, 0.4) is 0 Å². The van der Waals surface area contributed by atoms with Gasteiger partial charge < -0.3 is 5.73 Å². The molecule has 2 rings (SSSR count). The highest BCUT2D eigenvalue weighted by atomic mass is 16.1. The van der Waals surface area contributed by atoms with Crippen LogP contribution in [0.15, 0.2) is 12.4 Å². The Balaban J connectivity index is 2.06. The number of nitrogens with two attached hydrogens (primary N) is 1. The Hall–Kier alpha value is -1.16. The van der Waals surface area contributed by atoms with Gasteiger partial charge in [-0.1, -0.05) is 6.92 Å². The average Bonchev–Trinajstić information content (AvgIpc) is 2.76. The van der Waals surface area contributed by atoms with Gasteiger partial charge in [0.05, 0.1) is 6.20 Å². The molecule has 0 saturated heterocycles. The van der Waals surface area contributed by atoms with Crippen LogP contribution in [0.4, 0.5) is 0 Å². The van der Waals surface area contributed by atoms with Crippen molar-refractivity contribution in [1.29, 1.82) is 0 Å². The lowest BCUT2D eigenvalue weighted by Gasteiger charge is -2.37. The van der Waals surface area contributed by atoms with E-state index in [-0.39, 0.29) is 5.41 Å². The molecule has 4 nitrogen and oxygen atoms in total. The molecule has 0 aromatic carbocycles. The largest absolute Gasteiger partial charge is 0.329 e. The van der Waals surface area contributed by atoms with E-state index in [2.05, 4.69) is 12.0 Å². The number of aryl methyl sites for hydroxylation is 1. The van der Waals surface area contributed by atoms with Gasteiger partial charge in [-0.2, -0.15) is 5.10 Å². The summed E-state index contributed by atoms with van der Waals surface area (Å²) in [6.07, 6.45) is 8.29. The van der Waals surface area contributed by atoms with E-state index in [0.717, 1.165) is 37.2 Å². The van der Waals surface area contributed by atoms with Crippen molar-refractivity contribution in [3.05, 3.63) is 18.0 Å². The fourth-order valence-corrected chi connectivity index (χ4v) is 2.85. The van der Waals surface area contributed by atoms with Gasteiger partial charge in [0.1, 0.15) is 5.78 Å². The maximum absolute atomic E-state index is 12.5. The lowest BCUT2D eigenvalue weighted by atomic mass is 9.67. The Bertz CT molecular complexity index is 416. The van der Waals surface area contributed by atoms with Gasteiger partial charge in [0, 0.05) is 31.6 Å². The Morgan fingerprint density at radius 2 is 2.22 bits per heavy atom. The summed E-state index contributed by atoms with van der Waals surface area (Å²) in [4.78, 5) is 12.5. The quantitative estimate of drug-likeness (QED) is 0.883. The first kappa shape index (κ1) is 13.3. The molecule has 0 atom stereocenters. The molecule has 0 unspecified atom stereocenters. The van der Waals surface area contributed by atoms with E-state index in [0.29, 0.717) is 18.7 Å². The molecule has 0 amide bonds. The van der Waals surface area contributed by atoms with Crippen molar-refractivity contribution >= 4 is 5.78 Å². The molecule has 2 N–H and O–H groups in total.